The van der Waals surface area contributed by atoms with Crippen molar-refractivity contribution in [1.82, 2.24) is 19.9 Å². The van der Waals surface area contributed by atoms with E-state index in [-0.39, 0.29) is 0 Å². The highest BCUT2D eigenvalue weighted by molar-refractivity contribution is 7.26. The fraction of sp³-hybridized carbons (Fsp3) is 0. The fourth-order valence-electron chi connectivity index (χ4n) is 7.06. The third-order valence-corrected chi connectivity index (χ3v) is 10.9. The van der Waals surface area contributed by atoms with Crippen LogP contribution >= 0.6 is 11.3 Å². The van der Waals surface area contributed by atoms with E-state index in [1.165, 1.54) is 26.6 Å². The van der Waals surface area contributed by atoms with Crippen molar-refractivity contribution < 1.29 is 0 Å². The van der Waals surface area contributed by atoms with Gasteiger partial charge in [0.05, 0.1) is 27.3 Å². The highest BCUT2D eigenvalue weighted by Crippen LogP contribution is 2.40. The van der Waals surface area contributed by atoms with Crippen LogP contribution in [0.3, 0.4) is 0 Å². The van der Waals surface area contributed by atoms with Gasteiger partial charge in [-0.1, -0.05) is 170 Å². The largest absolute Gasteiger partial charge is 0.228 e. The Morgan fingerprint density at radius 2 is 0.887 bits per heavy atom. The predicted molar refractivity (Wildman–Crippen MR) is 221 cm³/mol. The van der Waals surface area contributed by atoms with Crippen LogP contribution in [0.15, 0.2) is 182 Å². The highest BCUT2D eigenvalue weighted by Gasteiger charge is 2.18. The number of nitrogens with zero attached hydrogens (tertiary/aromatic N) is 4. The molecule has 0 atom stereocenters. The van der Waals surface area contributed by atoms with E-state index in [2.05, 4.69) is 146 Å². The second-order valence-corrected chi connectivity index (χ2v) is 14.1. The van der Waals surface area contributed by atoms with Crippen molar-refractivity contribution in [2.45, 2.75) is 0 Å². The number of rotatable bonds is 6. The first-order chi connectivity index (χ1) is 26.2. The van der Waals surface area contributed by atoms with Crippen LogP contribution in [0.25, 0.3) is 98.7 Å². The van der Waals surface area contributed by atoms with Crippen LogP contribution in [0.1, 0.15) is 0 Å². The molecule has 0 amide bonds. The van der Waals surface area contributed by atoms with Crippen LogP contribution in [-0.4, -0.2) is 19.9 Å². The van der Waals surface area contributed by atoms with Gasteiger partial charge in [0.25, 0.3) is 0 Å². The Kier molecular flexibility index (Phi) is 7.63. The number of hydrogen-bond acceptors (Lipinski definition) is 5. The molecule has 10 aromatic rings. The first-order valence-corrected chi connectivity index (χ1v) is 18.5. The molecule has 53 heavy (non-hydrogen) atoms. The van der Waals surface area contributed by atoms with Gasteiger partial charge < -0.3 is 0 Å². The van der Waals surface area contributed by atoms with Crippen LogP contribution in [0, 0.1) is 0 Å². The van der Waals surface area contributed by atoms with Gasteiger partial charge in [-0.15, -0.1) is 11.3 Å². The minimum absolute atomic E-state index is 0.670. The lowest BCUT2D eigenvalue weighted by Gasteiger charge is -2.11. The Balaban J connectivity index is 1.07. The summed E-state index contributed by atoms with van der Waals surface area (Å²) in [7, 11) is 0. The number of hydrogen-bond donors (Lipinski definition) is 0. The van der Waals surface area contributed by atoms with E-state index < -0.39 is 0 Å². The van der Waals surface area contributed by atoms with Gasteiger partial charge in [0.1, 0.15) is 0 Å². The summed E-state index contributed by atoms with van der Waals surface area (Å²) >= 11 is 1.75. The van der Waals surface area contributed by atoms with Gasteiger partial charge in [-0.3, -0.25) is 0 Å². The molecule has 10 rings (SSSR count). The van der Waals surface area contributed by atoms with E-state index in [4.69, 9.17) is 19.9 Å². The summed E-state index contributed by atoms with van der Waals surface area (Å²) in [4.78, 5) is 20.5. The zero-order valence-corrected chi connectivity index (χ0v) is 29.3. The molecule has 0 aliphatic heterocycles. The number of benzene rings is 7. The Labute approximate surface area is 310 Å². The summed E-state index contributed by atoms with van der Waals surface area (Å²) in [6, 6.07) is 63.2. The van der Waals surface area contributed by atoms with Crippen LogP contribution in [-0.2, 0) is 0 Å². The molecule has 0 saturated heterocycles. The summed E-state index contributed by atoms with van der Waals surface area (Å²) in [5.74, 6) is 1.36. The van der Waals surface area contributed by atoms with Gasteiger partial charge in [-0.05, 0) is 34.0 Å². The Hall–Kier alpha value is -6.82. The molecule has 0 spiro atoms. The van der Waals surface area contributed by atoms with E-state index in [0.717, 1.165) is 60.5 Å². The Morgan fingerprint density at radius 3 is 1.57 bits per heavy atom. The molecule has 0 bridgehead atoms. The molecule has 0 fully saturated rings. The number of thiophene rings is 1. The van der Waals surface area contributed by atoms with Crippen molar-refractivity contribution in [2.24, 2.45) is 0 Å². The summed E-state index contributed by atoms with van der Waals surface area (Å²) in [5.41, 5.74) is 11.1. The van der Waals surface area contributed by atoms with Crippen molar-refractivity contribution in [1.29, 1.82) is 0 Å². The smallest absolute Gasteiger partial charge is 0.160 e. The molecular formula is C48H30N4S. The SMILES string of the molecule is c1ccc(-c2cc(-c3ccccc3)nc(-c3ccc(-c4nc(-c5ccc(-c6cccc7ccccc67)cc5)c5sc6ccccc6c5n4)cc3)n2)cc1. The van der Waals surface area contributed by atoms with E-state index in [0.29, 0.717) is 11.6 Å². The maximum Gasteiger partial charge on any atom is 0.160 e. The Bertz CT molecular complexity index is 2860. The molecule has 5 heteroatoms. The standard InChI is InChI=1S/C48H30N4S/c1-3-13-33(14-4-1)41-30-42(34-15-5-2-6-16-34)50-47(49-41)36-26-28-37(29-27-36)48-51-44(46-45(52-48)40-19-9-10-21-43(40)53-46)35-24-22-32(23-25-35)39-20-11-17-31-12-7-8-18-38(31)39/h1-30H. The van der Waals surface area contributed by atoms with E-state index >= 15 is 0 Å². The fourth-order valence-corrected chi connectivity index (χ4v) is 8.21. The lowest BCUT2D eigenvalue weighted by Crippen LogP contribution is -1.96. The summed E-state index contributed by atoms with van der Waals surface area (Å²) < 4.78 is 2.28. The van der Waals surface area contributed by atoms with Crippen LogP contribution < -0.4 is 0 Å². The van der Waals surface area contributed by atoms with Crippen LogP contribution in [0.2, 0.25) is 0 Å². The molecule has 7 aromatic carbocycles. The molecule has 0 saturated carbocycles. The third kappa shape index (κ3) is 5.74. The van der Waals surface area contributed by atoms with Crippen molar-refractivity contribution in [3.63, 3.8) is 0 Å². The third-order valence-electron chi connectivity index (χ3n) is 9.75. The van der Waals surface area contributed by atoms with E-state index in [1.807, 2.05) is 36.4 Å². The quantitative estimate of drug-likeness (QED) is 0.174. The molecule has 0 aliphatic rings. The first-order valence-electron chi connectivity index (χ1n) is 17.6. The highest BCUT2D eigenvalue weighted by atomic mass is 32.1. The van der Waals surface area contributed by atoms with E-state index in [9.17, 15) is 0 Å². The lowest BCUT2D eigenvalue weighted by molar-refractivity contribution is 1.18. The first kappa shape index (κ1) is 31.0. The number of fused-ring (bicyclic) bond motifs is 4. The second-order valence-electron chi connectivity index (χ2n) is 13.0. The molecule has 0 radical (unpaired) electrons. The van der Waals surface area contributed by atoms with Gasteiger partial charge in [-0.25, -0.2) is 19.9 Å². The maximum atomic E-state index is 5.27. The molecule has 3 aromatic heterocycles. The topological polar surface area (TPSA) is 51.6 Å². The van der Waals surface area contributed by atoms with Gasteiger partial charge in [0.2, 0.25) is 0 Å². The summed E-state index contributed by atoms with van der Waals surface area (Å²) in [6.45, 7) is 0. The summed E-state index contributed by atoms with van der Waals surface area (Å²) in [6.07, 6.45) is 0. The van der Waals surface area contributed by atoms with Crippen molar-refractivity contribution in [3.8, 4) is 67.7 Å². The summed E-state index contributed by atoms with van der Waals surface area (Å²) in [5, 5.41) is 3.62. The van der Waals surface area contributed by atoms with Gasteiger partial charge in [-0.2, -0.15) is 0 Å². The number of aromatic nitrogens is 4. The van der Waals surface area contributed by atoms with Crippen LogP contribution in [0.4, 0.5) is 0 Å². The predicted octanol–water partition coefficient (Wildman–Crippen LogP) is 12.8. The molecule has 248 valence electrons. The van der Waals surface area contributed by atoms with Gasteiger partial charge >= 0.3 is 0 Å². The van der Waals surface area contributed by atoms with Crippen molar-refractivity contribution >= 4 is 42.4 Å². The zero-order chi connectivity index (χ0) is 35.1. The molecule has 3 heterocycles. The Morgan fingerprint density at radius 1 is 0.358 bits per heavy atom. The minimum atomic E-state index is 0.670. The molecule has 4 nitrogen and oxygen atoms in total. The normalized spacial score (nSPS) is 11.4. The molecular weight excluding hydrogens is 665 g/mol. The van der Waals surface area contributed by atoms with Crippen molar-refractivity contribution in [3.05, 3.63) is 182 Å². The molecule has 0 unspecified atom stereocenters. The molecule has 0 N–H and O–H groups in total. The van der Waals surface area contributed by atoms with Crippen LogP contribution in [0.5, 0.6) is 0 Å². The van der Waals surface area contributed by atoms with Crippen molar-refractivity contribution in [2.75, 3.05) is 0 Å². The van der Waals surface area contributed by atoms with Gasteiger partial charge in [0.15, 0.2) is 11.6 Å². The second kappa shape index (κ2) is 13.1. The minimum Gasteiger partial charge on any atom is -0.228 e. The molecule has 0 aliphatic carbocycles. The zero-order valence-electron chi connectivity index (χ0n) is 28.5. The maximum absolute atomic E-state index is 5.27. The lowest BCUT2D eigenvalue weighted by atomic mass is 9.97. The van der Waals surface area contributed by atoms with E-state index in [1.54, 1.807) is 11.3 Å². The average Bonchev–Trinajstić information content (AvgIpc) is 3.62. The average molecular weight is 695 g/mol. The van der Waals surface area contributed by atoms with Gasteiger partial charge in [0, 0.05) is 37.9 Å². The monoisotopic (exact) mass is 694 g/mol.